The number of H-pyrrole nitrogens is 1. The number of aromatic nitrogens is 6. The van der Waals surface area contributed by atoms with Gasteiger partial charge in [0, 0.05) is 19.2 Å². The van der Waals surface area contributed by atoms with Crippen LogP contribution in [0.1, 0.15) is 36.8 Å². The number of benzene rings is 1. The Morgan fingerprint density at radius 2 is 1.97 bits per heavy atom. The zero-order chi connectivity index (χ0) is 24.1. The van der Waals surface area contributed by atoms with E-state index in [0.29, 0.717) is 17.9 Å². The van der Waals surface area contributed by atoms with Crippen LogP contribution >= 0.6 is 8.46 Å². The maximum absolute atomic E-state index is 14.0. The SMILES string of the molecule is CCOC(O)(P=O)c1nnc2c(=O)[nH]c3cc(C(F)(F)F)c(-n4cc(C)nc4CC)cc3n12. The molecule has 3 heterocycles. The molecular weight excluding hydrogens is 464 g/mol. The molecule has 10 nitrogen and oxygen atoms in total. The molecule has 1 aromatic carbocycles. The highest BCUT2D eigenvalue weighted by atomic mass is 31.1. The van der Waals surface area contributed by atoms with Crippen LogP contribution in [0.2, 0.25) is 0 Å². The number of fused-ring (bicyclic) bond motifs is 3. The molecule has 1 unspecified atom stereocenters. The van der Waals surface area contributed by atoms with E-state index in [0.717, 1.165) is 10.5 Å². The van der Waals surface area contributed by atoms with Gasteiger partial charge in [0.25, 0.3) is 5.56 Å². The van der Waals surface area contributed by atoms with Crippen LogP contribution in [-0.2, 0) is 27.4 Å². The minimum Gasteiger partial charge on any atom is -0.350 e. The largest absolute Gasteiger partial charge is 0.418 e. The standard InChI is InChI=1S/C19H18F3N6O4P/c1-4-14-23-9(3)8-27(14)12-7-13-11(6-10(12)18(20,21)22)24-16(29)15-25-26-17(28(13)15)19(30,33-31)32-5-2/h6-8,30H,4-5H2,1-3H3,(H,24,29). The molecule has 0 spiro atoms. The van der Waals surface area contributed by atoms with Gasteiger partial charge < -0.3 is 19.4 Å². The Labute approximate surface area is 185 Å². The zero-order valence-electron chi connectivity index (χ0n) is 17.6. The second kappa shape index (κ2) is 8.01. The van der Waals surface area contributed by atoms with Gasteiger partial charge in [-0.2, -0.15) is 13.2 Å². The van der Waals surface area contributed by atoms with Gasteiger partial charge in [-0.25, -0.2) is 4.98 Å². The number of nitrogens with one attached hydrogen (secondary N) is 1. The van der Waals surface area contributed by atoms with Gasteiger partial charge in [-0.05, 0) is 26.0 Å². The molecular formula is C19H18F3N6O4P. The van der Waals surface area contributed by atoms with E-state index in [4.69, 9.17) is 4.74 Å². The van der Waals surface area contributed by atoms with Gasteiger partial charge in [-0.15, -0.1) is 10.2 Å². The van der Waals surface area contributed by atoms with E-state index in [-0.39, 0.29) is 29.0 Å². The number of ether oxygens (including phenoxy) is 1. The molecule has 0 aliphatic carbocycles. The first-order valence-electron chi connectivity index (χ1n) is 9.83. The van der Waals surface area contributed by atoms with E-state index >= 15 is 0 Å². The number of halogens is 3. The van der Waals surface area contributed by atoms with Crippen molar-refractivity contribution < 1.29 is 27.6 Å². The second-order valence-electron chi connectivity index (χ2n) is 7.18. The zero-order valence-corrected chi connectivity index (χ0v) is 18.5. The molecule has 0 fully saturated rings. The number of hydrogen-bond acceptors (Lipinski definition) is 7. The molecule has 1 atom stereocenters. The van der Waals surface area contributed by atoms with Crippen molar-refractivity contribution in [1.82, 2.24) is 29.1 Å². The highest BCUT2D eigenvalue weighted by molar-refractivity contribution is 7.24. The first-order valence-corrected chi connectivity index (χ1v) is 10.6. The van der Waals surface area contributed by atoms with Crippen molar-refractivity contribution in [1.29, 1.82) is 0 Å². The molecule has 14 heteroatoms. The topological polar surface area (TPSA) is 127 Å². The third-order valence-corrected chi connectivity index (χ3v) is 5.59. The third-order valence-electron chi connectivity index (χ3n) is 5.01. The fourth-order valence-corrected chi connectivity index (χ4v) is 4.08. The van der Waals surface area contributed by atoms with Crippen LogP contribution in [0.25, 0.3) is 22.4 Å². The monoisotopic (exact) mass is 482 g/mol. The number of aromatic amines is 1. The van der Waals surface area contributed by atoms with Crippen molar-refractivity contribution in [3.05, 3.63) is 51.6 Å². The summed E-state index contributed by atoms with van der Waals surface area (Å²) < 4.78 is 61.3. The predicted molar refractivity (Wildman–Crippen MR) is 110 cm³/mol. The van der Waals surface area contributed by atoms with Gasteiger partial charge in [-0.1, -0.05) is 6.92 Å². The number of alkyl halides is 3. The minimum absolute atomic E-state index is 0.0304. The fourth-order valence-electron chi connectivity index (χ4n) is 3.68. The van der Waals surface area contributed by atoms with Gasteiger partial charge in [0.15, 0.2) is 0 Å². The number of imidazole rings is 1. The summed E-state index contributed by atoms with van der Waals surface area (Å²) in [7, 11) is -0.900. The molecule has 0 radical (unpaired) electrons. The first kappa shape index (κ1) is 23.0. The summed E-state index contributed by atoms with van der Waals surface area (Å²) in [6.45, 7) is 4.88. The molecule has 0 saturated carbocycles. The summed E-state index contributed by atoms with van der Waals surface area (Å²) in [5.41, 5.74) is -4.54. The summed E-state index contributed by atoms with van der Waals surface area (Å²) >= 11 is 0. The van der Waals surface area contributed by atoms with E-state index in [1.54, 1.807) is 13.8 Å². The molecule has 0 aliphatic rings. The van der Waals surface area contributed by atoms with Crippen molar-refractivity contribution >= 4 is 25.1 Å². The Kier molecular flexibility index (Phi) is 5.59. The van der Waals surface area contributed by atoms with Crippen LogP contribution < -0.4 is 5.56 Å². The van der Waals surface area contributed by atoms with Crippen molar-refractivity contribution in [2.45, 2.75) is 38.9 Å². The van der Waals surface area contributed by atoms with Crippen LogP contribution in [0, 0.1) is 6.92 Å². The fraction of sp³-hybridized carbons (Fsp3) is 0.368. The molecule has 0 aliphatic heterocycles. The Balaban J connectivity index is 2.18. The highest BCUT2D eigenvalue weighted by Crippen LogP contribution is 2.38. The summed E-state index contributed by atoms with van der Waals surface area (Å²) in [5.74, 6) is -0.0266. The van der Waals surface area contributed by atoms with Crippen LogP contribution in [0.3, 0.4) is 0 Å². The average Bonchev–Trinajstić information content (AvgIpc) is 3.37. The third kappa shape index (κ3) is 3.71. The molecule has 0 saturated heterocycles. The molecule has 33 heavy (non-hydrogen) atoms. The molecule has 174 valence electrons. The summed E-state index contributed by atoms with van der Waals surface area (Å²) in [5, 5.41) is 18.2. The van der Waals surface area contributed by atoms with Crippen LogP contribution in [0.15, 0.2) is 23.1 Å². The van der Waals surface area contributed by atoms with Gasteiger partial charge in [-0.3, -0.25) is 13.8 Å². The lowest BCUT2D eigenvalue weighted by Gasteiger charge is -2.20. The van der Waals surface area contributed by atoms with Gasteiger partial charge >= 0.3 is 11.7 Å². The first-order chi connectivity index (χ1) is 15.5. The maximum Gasteiger partial charge on any atom is 0.418 e. The molecule has 2 N–H and O–H groups in total. The Morgan fingerprint density at radius 1 is 1.24 bits per heavy atom. The van der Waals surface area contributed by atoms with Crippen molar-refractivity contribution in [3.63, 3.8) is 0 Å². The number of aliphatic hydroxyl groups is 1. The number of rotatable bonds is 6. The lowest BCUT2D eigenvalue weighted by molar-refractivity contribution is -0.143. The Bertz CT molecular complexity index is 1440. The minimum atomic E-state index is -4.76. The molecule has 0 bridgehead atoms. The lowest BCUT2D eigenvalue weighted by atomic mass is 10.1. The Morgan fingerprint density at radius 3 is 2.58 bits per heavy atom. The van der Waals surface area contributed by atoms with Crippen LogP contribution in [0.5, 0.6) is 0 Å². The van der Waals surface area contributed by atoms with E-state index in [1.807, 2.05) is 0 Å². The second-order valence-corrected chi connectivity index (χ2v) is 7.96. The van der Waals surface area contributed by atoms with E-state index < -0.39 is 37.1 Å². The summed E-state index contributed by atoms with van der Waals surface area (Å²) in [6, 6.07) is 1.97. The van der Waals surface area contributed by atoms with Crippen molar-refractivity contribution in [2.75, 3.05) is 6.61 Å². The lowest BCUT2D eigenvalue weighted by Crippen LogP contribution is -2.26. The molecule has 4 rings (SSSR count). The van der Waals surface area contributed by atoms with Gasteiger partial charge in [0.2, 0.25) is 19.9 Å². The molecule has 0 amide bonds. The van der Waals surface area contributed by atoms with Crippen LogP contribution in [0.4, 0.5) is 13.2 Å². The van der Waals surface area contributed by atoms with Crippen molar-refractivity contribution in [3.8, 4) is 5.69 Å². The Hall–Kier alpha value is -3.15. The van der Waals surface area contributed by atoms with Crippen molar-refractivity contribution in [2.24, 2.45) is 0 Å². The number of hydrogen-bond donors (Lipinski definition) is 2. The predicted octanol–water partition coefficient (Wildman–Crippen LogP) is 3.08. The molecule has 3 aromatic heterocycles. The quantitative estimate of drug-likeness (QED) is 0.319. The van der Waals surface area contributed by atoms with E-state index in [9.17, 15) is 27.6 Å². The van der Waals surface area contributed by atoms with Gasteiger partial charge in [0.05, 0.1) is 28.0 Å². The van der Waals surface area contributed by atoms with Gasteiger partial charge in [0.1, 0.15) is 5.82 Å². The summed E-state index contributed by atoms with van der Waals surface area (Å²) in [6.07, 6.45) is -2.92. The summed E-state index contributed by atoms with van der Waals surface area (Å²) in [4.78, 5) is 19.2. The number of nitrogens with zero attached hydrogens (tertiary/aromatic N) is 5. The van der Waals surface area contributed by atoms with E-state index in [1.165, 1.54) is 23.8 Å². The average molecular weight is 482 g/mol. The highest BCUT2D eigenvalue weighted by Gasteiger charge is 2.39. The normalized spacial score (nSPS) is 14.4. The number of aryl methyl sites for hydroxylation is 2. The smallest absolute Gasteiger partial charge is 0.350 e. The van der Waals surface area contributed by atoms with E-state index in [2.05, 4.69) is 20.2 Å². The maximum atomic E-state index is 14.0. The molecule has 4 aromatic rings. The van der Waals surface area contributed by atoms with Crippen LogP contribution in [-0.4, -0.2) is 40.8 Å².